The van der Waals surface area contributed by atoms with E-state index in [0.29, 0.717) is 38.9 Å². The highest BCUT2D eigenvalue weighted by atomic mass is 35.5. The van der Waals surface area contributed by atoms with Crippen LogP contribution >= 0.6 is 34.8 Å². The summed E-state index contributed by atoms with van der Waals surface area (Å²) in [5.74, 6) is 1.29. The summed E-state index contributed by atoms with van der Waals surface area (Å²) in [5, 5.41) is 8.83. The highest BCUT2D eigenvalue weighted by molar-refractivity contribution is 6.36. The molecule has 0 atom stereocenters. The second kappa shape index (κ2) is 9.69. The van der Waals surface area contributed by atoms with Crippen LogP contribution in [0, 0.1) is 6.92 Å². The molecule has 0 aliphatic carbocycles. The summed E-state index contributed by atoms with van der Waals surface area (Å²) < 4.78 is 12.9. The maximum Gasteiger partial charge on any atom is 0.292 e. The molecule has 0 fully saturated rings. The molecule has 2 aromatic carbocycles. The third kappa shape index (κ3) is 5.27. The maximum absolute atomic E-state index is 12.5. The lowest BCUT2D eigenvalue weighted by Crippen LogP contribution is -2.12. The van der Waals surface area contributed by atoms with Crippen LogP contribution < -0.4 is 10.1 Å². The Hall–Kier alpha value is -2.93. The van der Waals surface area contributed by atoms with Gasteiger partial charge in [-0.25, -0.2) is 0 Å². The lowest BCUT2D eigenvalue weighted by molar-refractivity contribution is 0.0992. The lowest BCUT2D eigenvalue weighted by atomic mass is 10.2. The summed E-state index contributed by atoms with van der Waals surface area (Å²) in [5.41, 5.74) is 1.67. The first-order valence-corrected chi connectivity index (χ1v) is 10.8. The van der Waals surface area contributed by atoms with E-state index in [1.807, 2.05) is 13.0 Å². The first-order chi connectivity index (χ1) is 15.4. The van der Waals surface area contributed by atoms with Crippen LogP contribution in [0.15, 0.2) is 65.2 Å². The Bertz CT molecular complexity index is 1250. The predicted molar refractivity (Wildman–Crippen MR) is 125 cm³/mol. The number of hydrogen-bond donors (Lipinski definition) is 1. The molecular weight excluding hydrogens is 473 g/mol. The summed E-state index contributed by atoms with van der Waals surface area (Å²) in [4.78, 5) is 12.5. The van der Waals surface area contributed by atoms with Crippen LogP contribution in [0.25, 0.3) is 0 Å². The van der Waals surface area contributed by atoms with Crippen LogP contribution in [-0.2, 0) is 13.2 Å². The Morgan fingerprint density at radius 2 is 1.84 bits per heavy atom. The minimum absolute atomic E-state index is 0.152. The zero-order chi connectivity index (χ0) is 22.7. The fourth-order valence-corrected chi connectivity index (χ4v) is 3.61. The summed E-state index contributed by atoms with van der Waals surface area (Å²) >= 11 is 18.4. The van der Waals surface area contributed by atoms with Gasteiger partial charge in [0.2, 0.25) is 0 Å². The van der Waals surface area contributed by atoms with Gasteiger partial charge >= 0.3 is 0 Å². The standard InChI is InChI=1S/C23H18Cl3N3O3/c1-14-11-15(5-7-18(14)24)31-13-16-6-8-21(32-16)23(30)27-22-9-10-29(28-22)12-17-19(25)3-2-4-20(17)26/h2-11H,12-13H2,1H3,(H,27,28,30). The molecule has 0 aliphatic heterocycles. The van der Waals surface area contributed by atoms with E-state index in [4.69, 9.17) is 44.0 Å². The van der Waals surface area contributed by atoms with Crippen LogP contribution in [0.1, 0.15) is 27.4 Å². The number of halogens is 3. The molecule has 0 saturated heterocycles. The first-order valence-electron chi connectivity index (χ1n) is 9.64. The van der Waals surface area contributed by atoms with Gasteiger partial charge in [0.25, 0.3) is 5.91 Å². The van der Waals surface area contributed by atoms with Gasteiger partial charge in [-0.1, -0.05) is 40.9 Å². The van der Waals surface area contributed by atoms with Crippen molar-refractivity contribution in [2.45, 2.75) is 20.1 Å². The number of aromatic nitrogens is 2. The molecule has 9 heteroatoms. The van der Waals surface area contributed by atoms with Crippen molar-refractivity contribution < 1.29 is 13.9 Å². The Morgan fingerprint density at radius 1 is 1.06 bits per heavy atom. The number of ether oxygens (including phenoxy) is 1. The van der Waals surface area contributed by atoms with E-state index in [9.17, 15) is 4.79 Å². The molecule has 0 spiro atoms. The Labute approximate surface area is 199 Å². The minimum Gasteiger partial charge on any atom is -0.486 e. The fraction of sp³-hybridized carbons (Fsp3) is 0.130. The number of nitrogens with zero attached hydrogens (tertiary/aromatic N) is 2. The third-order valence-electron chi connectivity index (χ3n) is 4.66. The second-order valence-corrected chi connectivity index (χ2v) is 8.24. The van der Waals surface area contributed by atoms with Crippen LogP contribution in [0.3, 0.4) is 0 Å². The van der Waals surface area contributed by atoms with Gasteiger partial charge in [0, 0.05) is 32.9 Å². The highest BCUT2D eigenvalue weighted by Crippen LogP contribution is 2.25. The number of aryl methyl sites for hydroxylation is 1. The smallest absolute Gasteiger partial charge is 0.292 e. The Kier molecular flexibility index (Phi) is 6.74. The molecule has 2 aromatic heterocycles. The van der Waals surface area contributed by atoms with Gasteiger partial charge in [-0.15, -0.1) is 0 Å². The molecule has 0 radical (unpaired) electrons. The van der Waals surface area contributed by atoms with E-state index >= 15 is 0 Å². The SMILES string of the molecule is Cc1cc(OCc2ccc(C(=O)Nc3ccn(Cc4c(Cl)cccc4Cl)n3)o2)ccc1Cl. The molecule has 6 nitrogen and oxygen atoms in total. The van der Waals surface area contributed by atoms with Crippen LogP contribution in [0.2, 0.25) is 15.1 Å². The molecule has 0 unspecified atom stereocenters. The molecule has 1 N–H and O–H groups in total. The molecular formula is C23H18Cl3N3O3. The van der Waals surface area contributed by atoms with E-state index < -0.39 is 5.91 Å². The van der Waals surface area contributed by atoms with Crippen molar-refractivity contribution in [2.24, 2.45) is 0 Å². The van der Waals surface area contributed by atoms with Crippen LogP contribution in [0.5, 0.6) is 5.75 Å². The number of amides is 1. The van der Waals surface area contributed by atoms with Crippen molar-refractivity contribution in [3.63, 3.8) is 0 Å². The van der Waals surface area contributed by atoms with Crippen molar-refractivity contribution in [1.29, 1.82) is 0 Å². The normalized spacial score (nSPS) is 10.9. The largest absolute Gasteiger partial charge is 0.486 e. The molecule has 2 heterocycles. The molecule has 4 rings (SSSR count). The van der Waals surface area contributed by atoms with Crippen molar-refractivity contribution in [1.82, 2.24) is 9.78 Å². The number of nitrogens with one attached hydrogen (secondary N) is 1. The molecule has 1 amide bonds. The second-order valence-electron chi connectivity index (χ2n) is 7.02. The first kappa shape index (κ1) is 22.3. The van der Waals surface area contributed by atoms with Gasteiger partial charge in [0.05, 0.1) is 6.54 Å². The van der Waals surface area contributed by atoms with E-state index in [-0.39, 0.29) is 12.4 Å². The topological polar surface area (TPSA) is 69.3 Å². The molecule has 164 valence electrons. The number of carbonyl (C=O) groups excluding carboxylic acids is 1. The molecule has 0 bridgehead atoms. The van der Waals surface area contributed by atoms with Crippen molar-refractivity contribution in [3.8, 4) is 5.75 Å². The average Bonchev–Trinajstić information content (AvgIpc) is 3.41. The number of benzene rings is 2. The van der Waals surface area contributed by atoms with Gasteiger partial charge < -0.3 is 14.5 Å². The molecule has 0 saturated carbocycles. The van der Waals surface area contributed by atoms with Crippen LogP contribution in [0.4, 0.5) is 5.82 Å². The zero-order valence-corrected chi connectivity index (χ0v) is 19.2. The third-order valence-corrected chi connectivity index (χ3v) is 5.79. The van der Waals surface area contributed by atoms with Gasteiger partial charge in [0.1, 0.15) is 18.1 Å². The number of furan rings is 1. The van der Waals surface area contributed by atoms with E-state index in [2.05, 4.69) is 10.4 Å². The fourth-order valence-electron chi connectivity index (χ4n) is 2.98. The quantitative estimate of drug-likeness (QED) is 0.316. The number of hydrogen-bond acceptors (Lipinski definition) is 4. The Morgan fingerprint density at radius 3 is 2.59 bits per heavy atom. The summed E-state index contributed by atoms with van der Waals surface area (Å²) in [6, 6.07) is 15.6. The summed E-state index contributed by atoms with van der Waals surface area (Å²) in [7, 11) is 0. The molecule has 4 aromatic rings. The van der Waals surface area contributed by atoms with Gasteiger partial charge in [-0.3, -0.25) is 9.48 Å². The van der Waals surface area contributed by atoms with Crippen molar-refractivity contribution >= 4 is 46.5 Å². The van der Waals surface area contributed by atoms with Gasteiger partial charge in [0.15, 0.2) is 11.6 Å². The average molecular weight is 491 g/mol. The number of carbonyl (C=O) groups is 1. The predicted octanol–water partition coefficient (Wildman–Crippen LogP) is 6.62. The minimum atomic E-state index is -0.417. The molecule has 0 aliphatic rings. The summed E-state index contributed by atoms with van der Waals surface area (Å²) in [6.07, 6.45) is 1.73. The van der Waals surface area contributed by atoms with E-state index in [0.717, 1.165) is 11.1 Å². The number of rotatable bonds is 7. The van der Waals surface area contributed by atoms with Gasteiger partial charge in [-0.05, 0) is 55.0 Å². The van der Waals surface area contributed by atoms with Crippen molar-refractivity contribution in [2.75, 3.05) is 5.32 Å². The lowest BCUT2D eigenvalue weighted by Gasteiger charge is -2.07. The van der Waals surface area contributed by atoms with E-state index in [1.54, 1.807) is 59.4 Å². The van der Waals surface area contributed by atoms with Crippen molar-refractivity contribution in [3.05, 3.63) is 98.5 Å². The maximum atomic E-state index is 12.5. The monoisotopic (exact) mass is 489 g/mol. The van der Waals surface area contributed by atoms with Crippen LogP contribution in [-0.4, -0.2) is 15.7 Å². The molecule has 32 heavy (non-hydrogen) atoms. The Balaban J connectivity index is 1.35. The zero-order valence-electron chi connectivity index (χ0n) is 16.9. The number of anilines is 1. The van der Waals surface area contributed by atoms with E-state index in [1.165, 1.54) is 0 Å². The summed E-state index contributed by atoms with van der Waals surface area (Å²) in [6.45, 7) is 2.46. The highest BCUT2D eigenvalue weighted by Gasteiger charge is 2.14. The van der Waals surface area contributed by atoms with Gasteiger partial charge in [-0.2, -0.15) is 5.10 Å².